The maximum Gasteiger partial charge on any atom is 0.251 e. The van der Waals surface area contributed by atoms with Crippen LogP contribution in [0.1, 0.15) is 28.8 Å². The van der Waals surface area contributed by atoms with Gasteiger partial charge < -0.3 is 5.32 Å². The van der Waals surface area contributed by atoms with Crippen LogP contribution in [-0.2, 0) is 0 Å². The molecular weight excluding hydrogens is 294 g/mol. The molecule has 3 aromatic rings. The van der Waals surface area contributed by atoms with Gasteiger partial charge in [-0.1, -0.05) is 66.4 Å². The third kappa shape index (κ3) is 4.02. The second-order valence-corrected chi connectivity index (χ2v) is 5.55. The van der Waals surface area contributed by atoms with E-state index in [0.717, 1.165) is 18.4 Å². The van der Waals surface area contributed by atoms with E-state index in [-0.39, 0.29) is 5.91 Å². The van der Waals surface area contributed by atoms with Gasteiger partial charge in [-0.3, -0.25) is 4.79 Å². The Hall–Kier alpha value is -3.05. The summed E-state index contributed by atoms with van der Waals surface area (Å²) in [5, 5.41) is 5.31. The molecule has 0 radical (unpaired) electrons. The van der Waals surface area contributed by atoms with E-state index in [2.05, 4.69) is 35.4 Å². The molecule has 0 unspecified atom stereocenters. The quantitative estimate of drug-likeness (QED) is 0.561. The molecule has 1 amide bonds. The third-order valence-electron chi connectivity index (χ3n) is 3.81. The van der Waals surface area contributed by atoms with Gasteiger partial charge in [-0.05, 0) is 35.4 Å². The number of fused-ring (bicyclic) bond motifs is 1. The zero-order chi connectivity index (χ0) is 16.6. The molecule has 0 fully saturated rings. The third-order valence-corrected chi connectivity index (χ3v) is 3.81. The highest BCUT2D eigenvalue weighted by Crippen LogP contribution is 2.17. The van der Waals surface area contributed by atoms with Crippen molar-refractivity contribution in [3.63, 3.8) is 0 Å². The van der Waals surface area contributed by atoms with Gasteiger partial charge in [0.25, 0.3) is 5.91 Å². The summed E-state index contributed by atoms with van der Waals surface area (Å²) >= 11 is 0. The van der Waals surface area contributed by atoms with Crippen molar-refractivity contribution in [2.45, 2.75) is 12.8 Å². The van der Waals surface area contributed by atoms with Crippen molar-refractivity contribution in [2.75, 3.05) is 6.54 Å². The van der Waals surface area contributed by atoms with Gasteiger partial charge in [0.2, 0.25) is 0 Å². The Balaban J connectivity index is 1.51. The van der Waals surface area contributed by atoms with Crippen molar-refractivity contribution in [3.05, 3.63) is 83.9 Å². The molecule has 118 valence electrons. The molecular formula is C22H19NO. The lowest BCUT2D eigenvalue weighted by atomic mass is 10.0. The molecule has 0 aliphatic carbocycles. The van der Waals surface area contributed by atoms with Crippen molar-refractivity contribution >= 4 is 16.7 Å². The van der Waals surface area contributed by atoms with E-state index in [0.29, 0.717) is 12.1 Å². The average Bonchev–Trinajstić information content (AvgIpc) is 2.65. The van der Waals surface area contributed by atoms with E-state index in [1.807, 2.05) is 54.6 Å². The van der Waals surface area contributed by atoms with Crippen LogP contribution in [-0.4, -0.2) is 12.5 Å². The summed E-state index contributed by atoms with van der Waals surface area (Å²) in [5.41, 5.74) is 1.75. The van der Waals surface area contributed by atoms with E-state index in [1.165, 1.54) is 10.8 Å². The molecule has 0 aliphatic rings. The van der Waals surface area contributed by atoms with Gasteiger partial charge in [-0.15, -0.1) is 0 Å². The van der Waals surface area contributed by atoms with Crippen LogP contribution in [0.15, 0.2) is 72.8 Å². The second-order valence-electron chi connectivity index (χ2n) is 5.55. The van der Waals surface area contributed by atoms with Gasteiger partial charge in [0.05, 0.1) is 0 Å². The fourth-order valence-corrected chi connectivity index (χ4v) is 2.56. The maximum absolute atomic E-state index is 11.9. The van der Waals surface area contributed by atoms with Gasteiger partial charge in [0, 0.05) is 24.1 Å². The Labute approximate surface area is 142 Å². The molecule has 24 heavy (non-hydrogen) atoms. The lowest BCUT2D eigenvalue weighted by Gasteiger charge is -2.03. The van der Waals surface area contributed by atoms with Crippen LogP contribution in [0.3, 0.4) is 0 Å². The molecule has 0 saturated carbocycles. The van der Waals surface area contributed by atoms with Gasteiger partial charge in [-0.2, -0.15) is 0 Å². The first-order valence-electron chi connectivity index (χ1n) is 8.14. The summed E-state index contributed by atoms with van der Waals surface area (Å²) in [6.07, 6.45) is 1.61. The largest absolute Gasteiger partial charge is 0.352 e. The lowest BCUT2D eigenvalue weighted by Crippen LogP contribution is -2.24. The highest BCUT2D eigenvalue weighted by Gasteiger charge is 2.02. The molecule has 0 heterocycles. The van der Waals surface area contributed by atoms with E-state index in [9.17, 15) is 4.79 Å². The van der Waals surface area contributed by atoms with E-state index in [4.69, 9.17) is 0 Å². The number of nitrogens with one attached hydrogen (secondary N) is 1. The predicted molar refractivity (Wildman–Crippen MR) is 98.8 cm³/mol. The Kier molecular flexibility index (Phi) is 5.27. The van der Waals surface area contributed by atoms with Crippen molar-refractivity contribution < 1.29 is 4.79 Å². The summed E-state index contributed by atoms with van der Waals surface area (Å²) in [6.45, 7) is 0.637. The second kappa shape index (κ2) is 7.99. The van der Waals surface area contributed by atoms with E-state index >= 15 is 0 Å². The summed E-state index contributed by atoms with van der Waals surface area (Å²) in [4.78, 5) is 11.9. The van der Waals surface area contributed by atoms with Gasteiger partial charge >= 0.3 is 0 Å². The Morgan fingerprint density at radius 2 is 1.62 bits per heavy atom. The molecule has 3 rings (SSSR count). The number of carbonyl (C=O) groups excluding carboxylic acids is 1. The molecule has 1 N–H and O–H groups in total. The summed E-state index contributed by atoms with van der Waals surface area (Å²) in [5.74, 6) is 6.42. The highest BCUT2D eigenvalue weighted by atomic mass is 16.1. The zero-order valence-electron chi connectivity index (χ0n) is 13.5. The predicted octanol–water partition coefficient (Wildman–Crippen LogP) is 4.40. The van der Waals surface area contributed by atoms with Crippen LogP contribution in [0.5, 0.6) is 0 Å². The van der Waals surface area contributed by atoms with Crippen molar-refractivity contribution in [2.24, 2.45) is 0 Å². The molecule has 0 atom stereocenters. The summed E-state index contributed by atoms with van der Waals surface area (Å²) < 4.78 is 0. The van der Waals surface area contributed by atoms with Crippen LogP contribution < -0.4 is 5.32 Å². The lowest BCUT2D eigenvalue weighted by molar-refractivity contribution is 0.0953. The van der Waals surface area contributed by atoms with Crippen molar-refractivity contribution in [1.29, 1.82) is 0 Å². The molecule has 2 nitrogen and oxygen atoms in total. The molecule has 0 aromatic heterocycles. The maximum atomic E-state index is 11.9. The minimum absolute atomic E-state index is 0.0300. The first-order valence-corrected chi connectivity index (χ1v) is 8.14. The van der Waals surface area contributed by atoms with Crippen LogP contribution in [0.25, 0.3) is 10.8 Å². The first kappa shape index (κ1) is 15.8. The standard InChI is InChI=1S/C22H19NO/c24-22(20-12-3-1-4-13-20)23-17-8-2-5-10-18-14-9-15-19-11-6-7-16-21(18)19/h1,3-4,6-7,9,11-16H,2,8,17H2,(H,23,24). The van der Waals surface area contributed by atoms with Gasteiger partial charge in [0.1, 0.15) is 0 Å². The first-order chi connectivity index (χ1) is 11.8. The number of hydrogen-bond acceptors (Lipinski definition) is 1. The molecule has 0 bridgehead atoms. The van der Waals surface area contributed by atoms with E-state index in [1.54, 1.807) is 0 Å². The normalized spacial score (nSPS) is 10.0. The molecule has 0 spiro atoms. The molecule has 2 heteroatoms. The van der Waals surface area contributed by atoms with Crippen LogP contribution in [0.4, 0.5) is 0 Å². The van der Waals surface area contributed by atoms with Crippen LogP contribution in [0.2, 0.25) is 0 Å². The van der Waals surface area contributed by atoms with Crippen LogP contribution in [0, 0.1) is 11.8 Å². The number of unbranched alkanes of at least 4 members (excludes halogenated alkanes) is 1. The number of carbonyl (C=O) groups is 1. The summed E-state index contributed by atoms with van der Waals surface area (Å²) in [7, 11) is 0. The van der Waals surface area contributed by atoms with Crippen LogP contribution >= 0.6 is 0 Å². The number of benzene rings is 3. The average molecular weight is 313 g/mol. The minimum atomic E-state index is -0.0300. The number of amides is 1. The van der Waals surface area contributed by atoms with Crippen molar-refractivity contribution in [1.82, 2.24) is 5.32 Å². The topological polar surface area (TPSA) is 29.1 Å². The molecule has 0 saturated heterocycles. The summed E-state index contributed by atoms with van der Waals surface area (Å²) in [6, 6.07) is 23.7. The van der Waals surface area contributed by atoms with Gasteiger partial charge in [-0.25, -0.2) is 0 Å². The molecule has 0 aliphatic heterocycles. The fraction of sp³-hybridized carbons (Fsp3) is 0.136. The highest BCUT2D eigenvalue weighted by molar-refractivity contribution is 5.94. The van der Waals surface area contributed by atoms with Crippen molar-refractivity contribution in [3.8, 4) is 11.8 Å². The number of hydrogen-bond donors (Lipinski definition) is 1. The number of rotatable bonds is 4. The minimum Gasteiger partial charge on any atom is -0.352 e. The molecule has 3 aromatic carbocycles. The Bertz CT molecular complexity index is 882. The Morgan fingerprint density at radius 3 is 2.50 bits per heavy atom. The smallest absolute Gasteiger partial charge is 0.251 e. The fourth-order valence-electron chi connectivity index (χ4n) is 2.56. The van der Waals surface area contributed by atoms with E-state index < -0.39 is 0 Å². The monoisotopic (exact) mass is 313 g/mol. The van der Waals surface area contributed by atoms with Gasteiger partial charge in [0.15, 0.2) is 0 Å². The zero-order valence-corrected chi connectivity index (χ0v) is 13.5. The Morgan fingerprint density at radius 1 is 0.875 bits per heavy atom. The SMILES string of the molecule is O=C(NCCCC#Cc1cccc2ccccc12)c1ccccc1.